The molecule has 1 aromatic heterocycles. The lowest BCUT2D eigenvalue weighted by Gasteiger charge is -2.33. The van der Waals surface area contributed by atoms with Gasteiger partial charge in [-0.1, -0.05) is 41.1 Å². The fraction of sp³-hybridized carbons (Fsp3) is 0.433. The maximum absolute atomic E-state index is 13.5. The number of nitrogens with one attached hydrogen (secondary N) is 1. The van der Waals surface area contributed by atoms with Crippen molar-refractivity contribution in [3.8, 4) is 0 Å². The number of piperazine rings is 1. The molecule has 216 valence electrons. The zero-order chi connectivity index (χ0) is 28.6. The van der Waals surface area contributed by atoms with Crippen LogP contribution in [0.5, 0.6) is 0 Å². The Labute approximate surface area is 241 Å². The van der Waals surface area contributed by atoms with Gasteiger partial charge in [0, 0.05) is 57.7 Å². The van der Waals surface area contributed by atoms with E-state index in [0.717, 1.165) is 61.9 Å². The molecule has 2 aliphatic heterocycles. The van der Waals surface area contributed by atoms with Crippen LogP contribution in [0, 0.1) is 6.92 Å². The average molecular weight is 576 g/mol. The highest BCUT2D eigenvalue weighted by molar-refractivity contribution is 7.89. The Balaban J connectivity index is 1.19. The van der Waals surface area contributed by atoms with Crippen molar-refractivity contribution in [3.63, 3.8) is 0 Å². The van der Waals surface area contributed by atoms with Crippen molar-refractivity contribution < 1.29 is 13.2 Å². The lowest BCUT2D eigenvalue weighted by Crippen LogP contribution is -2.50. The summed E-state index contributed by atoms with van der Waals surface area (Å²) >= 11 is 0. The van der Waals surface area contributed by atoms with Crippen LogP contribution in [0.3, 0.4) is 0 Å². The number of carbonyl (C=O) groups excluding carboxylic acids is 1. The number of hydrogen-bond acceptors (Lipinski definition) is 7. The smallest absolute Gasteiger partial charge is 0.264 e. The number of aromatic nitrogens is 3. The zero-order valence-corrected chi connectivity index (χ0v) is 24.4. The summed E-state index contributed by atoms with van der Waals surface area (Å²) in [4.78, 5) is 17.9. The predicted molar refractivity (Wildman–Crippen MR) is 155 cm³/mol. The van der Waals surface area contributed by atoms with Crippen LogP contribution in [-0.2, 0) is 34.2 Å². The van der Waals surface area contributed by atoms with Crippen LogP contribution < -0.4 is 5.32 Å². The van der Waals surface area contributed by atoms with Crippen LogP contribution in [0.1, 0.15) is 46.8 Å². The van der Waals surface area contributed by atoms with E-state index in [4.69, 9.17) is 0 Å². The van der Waals surface area contributed by atoms with Crippen LogP contribution in [-0.4, -0.2) is 82.7 Å². The molecule has 41 heavy (non-hydrogen) atoms. The van der Waals surface area contributed by atoms with Crippen molar-refractivity contribution in [2.75, 3.05) is 33.2 Å². The van der Waals surface area contributed by atoms with Gasteiger partial charge in [0.05, 0.1) is 16.6 Å². The van der Waals surface area contributed by atoms with Gasteiger partial charge in [-0.3, -0.25) is 14.0 Å². The summed E-state index contributed by atoms with van der Waals surface area (Å²) in [6, 6.07) is 12.5. The molecule has 0 radical (unpaired) electrons. The second kappa shape index (κ2) is 11.4. The number of sulfonamides is 1. The molecule has 1 unspecified atom stereocenters. The van der Waals surface area contributed by atoms with Gasteiger partial charge < -0.3 is 10.2 Å². The zero-order valence-electron chi connectivity index (χ0n) is 23.6. The summed E-state index contributed by atoms with van der Waals surface area (Å²) < 4.78 is 29.9. The van der Waals surface area contributed by atoms with Crippen LogP contribution in [0.4, 0.5) is 0 Å². The highest BCUT2D eigenvalue weighted by Gasteiger charge is 2.36. The molecule has 2 aromatic carbocycles. The van der Waals surface area contributed by atoms with Crippen molar-refractivity contribution in [1.82, 2.24) is 34.4 Å². The molecule has 0 spiro atoms. The first kappa shape index (κ1) is 27.6. The number of hydrogen-bond donors (Lipinski definition) is 1. The van der Waals surface area contributed by atoms with Gasteiger partial charge in [0.15, 0.2) is 0 Å². The summed E-state index contributed by atoms with van der Waals surface area (Å²) in [5, 5.41) is 11.5. The molecule has 1 amide bonds. The van der Waals surface area contributed by atoms with Crippen LogP contribution in [0.2, 0.25) is 0 Å². The summed E-state index contributed by atoms with van der Waals surface area (Å²) in [6.07, 6.45) is 7.80. The molecule has 10 nitrogen and oxygen atoms in total. The molecule has 1 saturated heterocycles. The quantitative estimate of drug-likeness (QED) is 0.462. The van der Waals surface area contributed by atoms with E-state index in [1.807, 2.05) is 17.8 Å². The Kier molecular flexibility index (Phi) is 7.67. The number of aryl methyl sites for hydroxylation is 2. The molecule has 1 fully saturated rings. The van der Waals surface area contributed by atoms with Crippen LogP contribution in [0.15, 0.2) is 66.0 Å². The molecule has 3 heterocycles. The summed E-state index contributed by atoms with van der Waals surface area (Å²) in [5.41, 5.74) is 5.50. The fourth-order valence-corrected chi connectivity index (χ4v) is 7.46. The highest BCUT2D eigenvalue weighted by atomic mass is 32.2. The Morgan fingerprint density at radius 2 is 1.83 bits per heavy atom. The van der Waals surface area contributed by atoms with Crippen LogP contribution in [0.25, 0.3) is 0 Å². The first-order valence-corrected chi connectivity index (χ1v) is 15.7. The SMILES string of the molecule is Cc1ccc(S(=O)(=O)N2C=CNC(=O)C2Cc2cn([C@@H]3CCCc4cc(CN5CCN(C)CC5)ccc43)nn2)cc1. The fourth-order valence-electron chi connectivity index (χ4n) is 6.01. The highest BCUT2D eigenvalue weighted by Crippen LogP contribution is 2.33. The Morgan fingerprint density at radius 1 is 1.05 bits per heavy atom. The molecular formula is C30H37N7O3S. The van der Waals surface area contributed by atoms with E-state index >= 15 is 0 Å². The first-order chi connectivity index (χ1) is 19.8. The van der Waals surface area contributed by atoms with Crippen LogP contribution >= 0.6 is 0 Å². The monoisotopic (exact) mass is 575 g/mol. The van der Waals surface area contributed by atoms with E-state index in [9.17, 15) is 13.2 Å². The third kappa shape index (κ3) is 5.79. The number of carbonyl (C=O) groups is 1. The van der Waals surface area contributed by atoms with Gasteiger partial charge in [0.25, 0.3) is 10.0 Å². The largest absolute Gasteiger partial charge is 0.329 e. The second-order valence-electron chi connectivity index (χ2n) is 11.4. The van der Waals surface area contributed by atoms with Crippen molar-refractivity contribution in [2.45, 2.75) is 56.1 Å². The summed E-state index contributed by atoms with van der Waals surface area (Å²) in [7, 11) is -1.75. The average Bonchev–Trinajstić information content (AvgIpc) is 3.43. The normalized spacial score (nSPS) is 22.0. The molecule has 0 bridgehead atoms. The summed E-state index contributed by atoms with van der Waals surface area (Å²) in [6.45, 7) is 7.27. The van der Waals surface area contributed by atoms with Crippen molar-refractivity contribution in [3.05, 3.63) is 89.0 Å². The van der Waals surface area contributed by atoms with Gasteiger partial charge in [-0.15, -0.1) is 5.10 Å². The number of likely N-dealkylation sites (N-methyl/N-ethyl adjacent to an activating group) is 1. The molecular weight excluding hydrogens is 538 g/mol. The van der Waals surface area contributed by atoms with Gasteiger partial charge in [0.1, 0.15) is 6.04 Å². The minimum absolute atomic E-state index is 0.0603. The van der Waals surface area contributed by atoms with Crippen molar-refractivity contribution in [2.24, 2.45) is 0 Å². The molecule has 1 aliphatic carbocycles. The van der Waals surface area contributed by atoms with E-state index in [2.05, 4.69) is 50.7 Å². The maximum Gasteiger partial charge on any atom is 0.264 e. The minimum Gasteiger partial charge on any atom is -0.329 e. The van der Waals surface area contributed by atoms with Gasteiger partial charge in [-0.25, -0.2) is 13.1 Å². The first-order valence-electron chi connectivity index (χ1n) is 14.3. The van der Waals surface area contributed by atoms with Crippen molar-refractivity contribution in [1.29, 1.82) is 0 Å². The molecule has 1 N–H and O–H groups in total. The van der Waals surface area contributed by atoms with Crippen molar-refractivity contribution >= 4 is 15.9 Å². The third-order valence-corrected chi connectivity index (χ3v) is 10.2. The predicted octanol–water partition coefficient (Wildman–Crippen LogP) is 2.46. The standard InChI is InChI=1S/C30H37N7O3S/c1-22-6-9-26(10-7-22)41(39,40)37-13-12-31-30(38)29(37)19-25-21-36(33-32-25)28-5-3-4-24-18-23(8-11-27(24)28)20-35-16-14-34(2)15-17-35/h6-13,18,21,28-29H,3-5,14-17,19-20H2,1-2H3,(H,31,38)/t28-,29?/m1/s1. The van der Waals surface area contributed by atoms with E-state index in [1.54, 1.807) is 24.3 Å². The lowest BCUT2D eigenvalue weighted by atomic mass is 9.86. The van der Waals surface area contributed by atoms with Gasteiger partial charge in [0.2, 0.25) is 5.91 Å². The Hall–Kier alpha value is -3.54. The van der Waals surface area contributed by atoms with E-state index in [0.29, 0.717) is 5.69 Å². The molecule has 0 saturated carbocycles. The topological polar surface area (TPSA) is 104 Å². The Morgan fingerprint density at radius 3 is 2.61 bits per heavy atom. The van der Waals surface area contributed by atoms with Gasteiger partial charge in [-0.2, -0.15) is 0 Å². The minimum atomic E-state index is -3.93. The van der Waals surface area contributed by atoms with E-state index in [-0.39, 0.29) is 17.4 Å². The molecule has 11 heteroatoms. The van der Waals surface area contributed by atoms with Gasteiger partial charge in [-0.05, 0) is 62.1 Å². The molecule has 6 rings (SSSR count). The maximum atomic E-state index is 13.5. The number of amides is 1. The third-order valence-electron chi connectivity index (χ3n) is 8.42. The number of fused-ring (bicyclic) bond motifs is 1. The van der Waals surface area contributed by atoms with E-state index in [1.165, 1.54) is 29.1 Å². The number of nitrogens with zero attached hydrogens (tertiary/aromatic N) is 6. The molecule has 3 aliphatic rings. The molecule has 3 aromatic rings. The van der Waals surface area contributed by atoms with E-state index < -0.39 is 22.0 Å². The number of benzene rings is 2. The number of rotatable bonds is 7. The lowest BCUT2D eigenvalue weighted by molar-refractivity contribution is -0.124. The van der Waals surface area contributed by atoms with Gasteiger partial charge >= 0.3 is 0 Å². The molecule has 2 atom stereocenters. The Bertz CT molecular complexity index is 1540. The summed E-state index contributed by atoms with van der Waals surface area (Å²) in [5.74, 6) is -0.395. The second-order valence-corrected chi connectivity index (χ2v) is 13.2.